The fourth-order valence-electron chi connectivity index (χ4n) is 3.70. The summed E-state index contributed by atoms with van der Waals surface area (Å²) in [6.45, 7) is 3.61. The first-order valence-electron chi connectivity index (χ1n) is 9.17. The van der Waals surface area contributed by atoms with E-state index >= 15 is 0 Å². The predicted octanol–water partition coefficient (Wildman–Crippen LogP) is 3.13. The third-order valence-electron chi connectivity index (χ3n) is 5.22. The fraction of sp³-hybridized carbons (Fsp3) is 0.350. The minimum absolute atomic E-state index is 0.0781. The third kappa shape index (κ3) is 3.63. The molecule has 1 aliphatic rings. The molecule has 3 aromatic rings. The van der Waals surface area contributed by atoms with E-state index in [0.29, 0.717) is 6.54 Å². The first-order chi connectivity index (χ1) is 13.1. The summed E-state index contributed by atoms with van der Waals surface area (Å²) in [5.41, 5.74) is 3.88. The van der Waals surface area contributed by atoms with Gasteiger partial charge in [0.25, 0.3) is 0 Å². The van der Waals surface area contributed by atoms with Crippen LogP contribution in [0.1, 0.15) is 30.1 Å². The molecule has 1 aliphatic heterocycles. The van der Waals surface area contributed by atoms with Crippen LogP contribution < -0.4 is 0 Å². The number of likely N-dealkylation sites (tertiary alicyclic amines) is 1. The van der Waals surface area contributed by atoms with E-state index in [-0.39, 0.29) is 24.2 Å². The number of nitrogens with zero attached hydrogens (tertiary/aromatic N) is 4. The summed E-state index contributed by atoms with van der Waals surface area (Å²) in [6, 6.07) is 8.32. The molecule has 0 spiro atoms. The summed E-state index contributed by atoms with van der Waals surface area (Å²) in [5.74, 6) is 0.00506. The van der Waals surface area contributed by atoms with Gasteiger partial charge in [-0.3, -0.25) is 14.6 Å². The van der Waals surface area contributed by atoms with Gasteiger partial charge in [0.1, 0.15) is 12.4 Å². The van der Waals surface area contributed by atoms with E-state index in [0.717, 1.165) is 41.9 Å². The SMILES string of the molecule is Cc1ccnn1CC(=O)N1CCC[C@@H](c2[nH]ncc2-c2ccc(F)cc2)C1. The fourth-order valence-corrected chi connectivity index (χ4v) is 3.70. The number of hydrogen-bond donors (Lipinski definition) is 1. The molecule has 27 heavy (non-hydrogen) atoms. The van der Waals surface area contributed by atoms with Crippen molar-refractivity contribution in [3.05, 3.63) is 59.9 Å². The number of aryl methyl sites for hydroxylation is 1. The molecule has 1 saturated heterocycles. The van der Waals surface area contributed by atoms with E-state index in [1.807, 2.05) is 17.9 Å². The maximum Gasteiger partial charge on any atom is 0.244 e. The van der Waals surface area contributed by atoms with Crippen molar-refractivity contribution in [1.29, 1.82) is 0 Å². The summed E-state index contributed by atoms with van der Waals surface area (Å²) in [5, 5.41) is 11.5. The van der Waals surface area contributed by atoms with Crippen molar-refractivity contribution in [2.75, 3.05) is 13.1 Å². The number of aromatic amines is 1. The zero-order valence-corrected chi connectivity index (χ0v) is 15.2. The third-order valence-corrected chi connectivity index (χ3v) is 5.22. The second-order valence-electron chi connectivity index (χ2n) is 7.01. The van der Waals surface area contributed by atoms with Crippen molar-refractivity contribution < 1.29 is 9.18 Å². The second kappa shape index (κ2) is 7.34. The maximum absolute atomic E-state index is 13.2. The van der Waals surface area contributed by atoms with Gasteiger partial charge in [0.05, 0.1) is 6.20 Å². The molecule has 6 nitrogen and oxygen atoms in total. The highest BCUT2D eigenvalue weighted by Crippen LogP contribution is 2.33. The zero-order valence-electron chi connectivity index (χ0n) is 15.2. The summed E-state index contributed by atoms with van der Waals surface area (Å²) >= 11 is 0. The first-order valence-corrected chi connectivity index (χ1v) is 9.17. The smallest absolute Gasteiger partial charge is 0.244 e. The quantitative estimate of drug-likeness (QED) is 0.770. The van der Waals surface area contributed by atoms with Gasteiger partial charge in [0.2, 0.25) is 5.91 Å². The van der Waals surface area contributed by atoms with Gasteiger partial charge >= 0.3 is 0 Å². The molecule has 2 aromatic heterocycles. The van der Waals surface area contributed by atoms with Gasteiger partial charge < -0.3 is 4.90 Å². The van der Waals surface area contributed by atoms with Gasteiger partial charge in [-0.15, -0.1) is 0 Å². The Bertz CT molecular complexity index is 930. The molecule has 0 bridgehead atoms. The van der Waals surface area contributed by atoms with Gasteiger partial charge in [-0.25, -0.2) is 4.39 Å². The molecule has 7 heteroatoms. The Kier molecular flexibility index (Phi) is 4.75. The van der Waals surface area contributed by atoms with Crippen LogP contribution in [0.15, 0.2) is 42.7 Å². The van der Waals surface area contributed by atoms with Crippen LogP contribution in [0.4, 0.5) is 4.39 Å². The number of piperidine rings is 1. The van der Waals surface area contributed by atoms with E-state index in [4.69, 9.17) is 0 Å². The van der Waals surface area contributed by atoms with Gasteiger partial charge in [-0.05, 0) is 43.5 Å². The van der Waals surface area contributed by atoms with E-state index in [9.17, 15) is 9.18 Å². The number of nitrogens with one attached hydrogen (secondary N) is 1. The van der Waals surface area contributed by atoms with Crippen LogP contribution in [0.25, 0.3) is 11.1 Å². The van der Waals surface area contributed by atoms with E-state index in [1.54, 1.807) is 29.2 Å². The number of aromatic nitrogens is 4. The van der Waals surface area contributed by atoms with Crippen molar-refractivity contribution in [1.82, 2.24) is 24.9 Å². The van der Waals surface area contributed by atoms with Gasteiger partial charge in [0.15, 0.2) is 0 Å². The molecule has 1 aromatic carbocycles. The first kappa shape index (κ1) is 17.5. The molecule has 4 rings (SSSR count). The Labute approximate surface area is 157 Å². The Morgan fingerprint density at radius 2 is 2.11 bits per heavy atom. The Morgan fingerprint density at radius 1 is 1.30 bits per heavy atom. The second-order valence-corrected chi connectivity index (χ2v) is 7.01. The Balaban J connectivity index is 1.50. The average molecular weight is 367 g/mol. The standard InChI is InChI=1S/C20H22FN5O/c1-14-8-9-23-26(14)13-19(27)25-10-2-3-16(12-25)20-18(11-22-24-20)15-4-6-17(21)7-5-15/h4-9,11,16H,2-3,10,12-13H2,1H3,(H,22,24)/t16-/m1/s1. The molecule has 0 radical (unpaired) electrons. The predicted molar refractivity (Wildman–Crippen MR) is 99.5 cm³/mol. The van der Waals surface area contributed by atoms with Crippen LogP contribution in [-0.4, -0.2) is 43.9 Å². The lowest BCUT2D eigenvalue weighted by atomic mass is 9.90. The van der Waals surface area contributed by atoms with E-state index in [2.05, 4.69) is 15.3 Å². The lowest BCUT2D eigenvalue weighted by Crippen LogP contribution is -2.41. The molecular formula is C20H22FN5O. The molecule has 1 atom stereocenters. The Hall–Kier alpha value is -2.96. The average Bonchev–Trinajstić information content (AvgIpc) is 3.32. The van der Waals surface area contributed by atoms with Crippen LogP contribution >= 0.6 is 0 Å². The number of H-pyrrole nitrogens is 1. The van der Waals surface area contributed by atoms with Crippen LogP contribution in [-0.2, 0) is 11.3 Å². The normalized spacial score (nSPS) is 17.3. The van der Waals surface area contributed by atoms with E-state index in [1.165, 1.54) is 12.1 Å². The number of hydrogen-bond acceptors (Lipinski definition) is 3. The van der Waals surface area contributed by atoms with Crippen molar-refractivity contribution >= 4 is 5.91 Å². The van der Waals surface area contributed by atoms with Crippen molar-refractivity contribution in [2.45, 2.75) is 32.2 Å². The van der Waals surface area contributed by atoms with Crippen molar-refractivity contribution in [3.8, 4) is 11.1 Å². The lowest BCUT2D eigenvalue weighted by molar-refractivity contribution is -0.133. The van der Waals surface area contributed by atoms with Crippen molar-refractivity contribution in [2.24, 2.45) is 0 Å². The number of carbonyl (C=O) groups is 1. The number of halogens is 1. The van der Waals surface area contributed by atoms with Gasteiger partial charge in [-0.1, -0.05) is 12.1 Å². The minimum atomic E-state index is -0.257. The molecule has 140 valence electrons. The summed E-state index contributed by atoms with van der Waals surface area (Å²) in [4.78, 5) is 14.6. The van der Waals surface area contributed by atoms with Gasteiger partial charge in [0, 0.05) is 42.2 Å². The largest absolute Gasteiger partial charge is 0.340 e. The lowest BCUT2D eigenvalue weighted by Gasteiger charge is -2.33. The summed E-state index contributed by atoms with van der Waals surface area (Å²) in [6.07, 6.45) is 5.41. The molecule has 0 unspecified atom stereocenters. The van der Waals surface area contributed by atoms with Crippen LogP contribution in [0.2, 0.25) is 0 Å². The molecule has 3 heterocycles. The highest BCUT2D eigenvalue weighted by Gasteiger charge is 2.28. The number of carbonyl (C=O) groups excluding carboxylic acids is 1. The molecule has 0 saturated carbocycles. The topological polar surface area (TPSA) is 66.8 Å². The summed E-state index contributed by atoms with van der Waals surface area (Å²) in [7, 11) is 0. The number of benzene rings is 1. The number of rotatable bonds is 4. The van der Waals surface area contributed by atoms with Crippen LogP contribution in [0, 0.1) is 12.7 Å². The van der Waals surface area contributed by atoms with E-state index < -0.39 is 0 Å². The highest BCUT2D eigenvalue weighted by atomic mass is 19.1. The van der Waals surface area contributed by atoms with Crippen LogP contribution in [0.3, 0.4) is 0 Å². The van der Waals surface area contributed by atoms with Crippen LogP contribution in [0.5, 0.6) is 0 Å². The molecular weight excluding hydrogens is 345 g/mol. The Morgan fingerprint density at radius 3 is 2.85 bits per heavy atom. The minimum Gasteiger partial charge on any atom is -0.340 e. The molecule has 1 N–H and O–H groups in total. The van der Waals surface area contributed by atoms with Crippen molar-refractivity contribution in [3.63, 3.8) is 0 Å². The maximum atomic E-state index is 13.2. The zero-order chi connectivity index (χ0) is 18.8. The summed E-state index contributed by atoms with van der Waals surface area (Å²) < 4.78 is 15.0. The monoisotopic (exact) mass is 367 g/mol. The molecule has 1 amide bonds. The van der Waals surface area contributed by atoms with Gasteiger partial charge in [-0.2, -0.15) is 10.2 Å². The molecule has 0 aliphatic carbocycles. The molecule has 1 fully saturated rings. The number of amides is 1. The highest BCUT2D eigenvalue weighted by molar-refractivity contribution is 5.76.